The Morgan fingerprint density at radius 3 is 2.39 bits per heavy atom. The molecule has 0 bridgehead atoms. The molecule has 0 aromatic carbocycles. The van der Waals surface area contributed by atoms with E-state index in [0.29, 0.717) is 12.8 Å². The van der Waals surface area contributed by atoms with Gasteiger partial charge in [-0.2, -0.15) is 0 Å². The topological polar surface area (TPSA) is 106 Å². The number of rotatable bonds is 7. The lowest BCUT2D eigenvalue weighted by atomic mass is 10.1. The second-order valence-corrected chi connectivity index (χ2v) is 6.39. The molecule has 0 saturated heterocycles. The van der Waals surface area contributed by atoms with Crippen molar-refractivity contribution in [2.45, 2.75) is 39.2 Å². The molecule has 1 rings (SSSR count). The highest BCUT2D eigenvalue weighted by Crippen LogP contribution is 2.33. The van der Waals surface area contributed by atoms with Gasteiger partial charge in [-0.15, -0.1) is 0 Å². The Morgan fingerprint density at radius 1 is 1.44 bits per heavy atom. The van der Waals surface area contributed by atoms with Crippen molar-refractivity contribution in [2.24, 2.45) is 11.8 Å². The van der Waals surface area contributed by atoms with Gasteiger partial charge in [0.05, 0.1) is 5.75 Å². The Balaban J connectivity index is 2.51. The summed E-state index contributed by atoms with van der Waals surface area (Å²) in [5.41, 5.74) is 0. The molecule has 8 heteroatoms. The van der Waals surface area contributed by atoms with Gasteiger partial charge in [-0.3, -0.25) is 19.6 Å². The Labute approximate surface area is 106 Å². The molecule has 1 N–H and O–H groups in total. The summed E-state index contributed by atoms with van der Waals surface area (Å²) in [5, 5.41) is 10.4. The van der Waals surface area contributed by atoms with E-state index in [1.807, 2.05) is 18.6 Å². The van der Waals surface area contributed by atoms with Crippen LogP contribution in [0.1, 0.15) is 33.1 Å². The fourth-order valence-corrected chi connectivity index (χ4v) is 3.43. The molecule has 1 aliphatic rings. The first-order valence-corrected chi connectivity index (χ1v) is 7.63. The molecule has 2 atom stereocenters. The van der Waals surface area contributed by atoms with Crippen LogP contribution in [0.2, 0.25) is 0 Å². The van der Waals surface area contributed by atoms with Crippen molar-refractivity contribution >= 4 is 15.9 Å². The van der Waals surface area contributed by atoms with Gasteiger partial charge in [0.2, 0.25) is 22.0 Å². The number of amides is 1. The highest BCUT2D eigenvalue weighted by molar-refractivity contribution is 7.90. The maximum atomic E-state index is 11.7. The summed E-state index contributed by atoms with van der Waals surface area (Å²) >= 11 is 0. The lowest BCUT2D eigenvalue weighted by molar-refractivity contribution is -0.497. The van der Waals surface area contributed by atoms with Crippen molar-refractivity contribution in [3.05, 3.63) is 10.1 Å². The lowest BCUT2D eigenvalue weighted by Gasteiger charge is -2.12. The molecule has 104 valence electrons. The highest BCUT2D eigenvalue weighted by atomic mass is 32.2. The minimum absolute atomic E-state index is 0.000755. The SMILES string of the molecule is CCC(CC)CS(=O)(=O)NC(=O)[C@H]1C[C@@H]1[N+](=O)[O-]. The number of hydrogen-bond acceptors (Lipinski definition) is 5. The average molecular weight is 278 g/mol. The molecule has 1 fully saturated rings. The van der Waals surface area contributed by atoms with Crippen LogP contribution in [-0.4, -0.2) is 31.0 Å². The molecule has 0 aliphatic heterocycles. The van der Waals surface area contributed by atoms with Crippen LogP contribution in [0.15, 0.2) is 0 Å². The lowest BCUT2D eigenvalue weighted by Crippen LogP contribution is -2.36. The molecule has 1 aliphatic carbocycles. The summed E-state index contributed by atoms with van der Waals surface area (Å²) in [6.45, 7) is 3.77. The Kier molecular flexibility index (Phi) is 4.66. The van der Waals surface area contributed by atoms with E-state index >= 15 is 0 Å². The van der Waals surface area contributed by atoms with Gasteiger partial charge < -0.3 is 0 Å². The molecular formula is C10H18N2O5S. The minimum atomic E-state index is -3.68. The number of carbonyl (C=O) groups excluding carboxylic acids is 1. The summed E-state index contributed by atoms with van der Waals surface area (Å²) in [6, 6.07) is -0.923. The van der Waals surface area contributed by atoms with E-state index in [1.165, 1.54) is 0 Å². The van der Waals surface area contributed by atoms with E-state index in [1.54, 1.807) is 0 Å². The van der Waals surface area contributed by atoms with E-state index in [-0.39, 0.29) is 18.1 Å². The van der Waals surface area contributed by atoms with E-state index in [0.717, 1.165) is 0 Å². The van der Waals surface area contributed by atoms with Gasteiger partial charge in [0, 0.05) is 11.3 Å². The van der Waals surface area contributed by atoms with Gasteiger partial charge in [0.25, 0.3) is 0 Å². The molecule has 1 saturated carbocycles. The zero-order chi connectivity index (χ0) is 13.9. The van der Waals surface area contributed by atoms with Crippen LogP contribution in [0, 0.1) is 22.0 Å². The van der Waals surface area contributed by atoms with Crippen molar-refractivity contribution < 1.29 is 18.1 Å². The monoisotopic (exact) mass is 278 g/mol. The van der Waals surface area contributed by atoms with E-state index in [4.69, 9.17) is 0 Å². The zero-order valence-corrected chi connectivity index (χ0v) is 11.3. The molecular weight excluding hydrogens is 260 g/mol. The second-order valence-electron chi connectivity index (χ2n) is 4.63. The first-order chi connectivity index (χ1) is 8.30. The normalized spacial score (nSPS) is 22.8. The number of nitro groups is 1. The summed E-state index contributed by atoms with van der Waals surface area (Å²) in [7, 11) is -3.68. The molecule has 0 radical (unpaired) electrons. The predicted molar refractivity (Wildman–Crippen MR) is 64.9 cm³/mol. The first kappa shape index (κ1) is 14.9. The number of carbonyl (C=O) groups is 1. The molecule has 1 amide bonds. The van der Waals surface area contributed by atoms with E-state index < -0.39 is 32.8 Å². The van der Waals surface area contributed by atoms with Crippen LogP contribution in [0.25, 0.3) is 0 Å². The first-order valence-electron chi connectivity index (χ1n) is 5.98. The third-order valence-electron chi connectivity index (χ3n) is 3.23. The molecule has 0 heterocycles. The summed E-state index contributed by atoms with van der Waals surface area (Å²) in [4.78, 5) is 21.3. The van der Waals surface area contributed by atoms with Gasteiger partial charge in [0.15, 0.2) is 0 Å². The van der Waals surface area contributed by atoms with Crippen LogP contribution in [0.5, 0.6) is 0 Å². The standard InChI is InChI=1S/C10H18N2O5S/c1-3-7(4-2)6-18(16,17)11-10(13)8-5-9(8)12(14)15/h7-9H,3-6H2,1-2H3,(H,11,13)/t8-,9-/m0/s1. The van der Waals surface area contributed by atoms with Crippen molar-refractivity contribution in [1.82, 2.24) is 4.72 Å². The molecule has 0 aromatic heterocycles. The maximum Gasteiger partial charge on any atom is 0.243 e. The van der Waals surface area contributed by atoms with Crippen molar-refractivity contribution in [2.75, 3.05) is 5.75 Å². The molecule has 0 spiro atoms. The van der Waals surface area contributed by atoms with Gasteiger partial charge in [0.1, 0.15) is 5.92 Å². The molecule has 7 nitrogen and oxygen atoms in total. The Bertz CT molecular complexity index is 430. The van der Waals surface area contributed by atoms with Crippen LogP contribution in [0.3, 0.4) is 0 Å². The Morgan fingerprint density at radius 2 is 2.00 bits per heavy atom. The fraction of sp³-hybridized carbons (Fsp3) is 0.900. The summed E-state index contributed by atoms with van der Waals surface area (Å²) in [6.07, 6.45) is 1.55. The highest BCUT2D eigenvalue weighted by Gasteiger charge is 2.54. The van der Waals surface area contributed by atoms with Crippen LogP contribution >= 0.6 is 0 Å². The third-order valence-corrected chi connectivity index (χ3v) is 4.65. The minimum Gasteiger partial charge on any atom is -0.273 e. The van der Waals surface area contributed by atoms with Crippen LogP contribution in [-0.2, 0) is 14.8 Å². The number of nitrogens with zero attached hydrogens (tertiary/aromatic N) is 1. The van der Waals surface area contributed by atoms with Crippen molar-refractivity contribution in [3.63, 3.8) is 0 Å². The maximum absolute atomic E-state index is 11.7. The zero-order valence-electron chi connectivity index (χ0n) is 10.5. The van der Waals surface area contributed by atoms with Crippen molar-refractivity contribution in [3.8, 4) is 0 Å². The Hall–Kier alpha value is -1.18. The third kappa shape index (κ3) is 3.94. The fourth-order valence-electron chi connectivity index (χ4n) is 1.80. The van der Waals surface area contributed by atoms with Gasteiger partial charge in [-0.05, 0) is 5.92 Å². The molecule has 18 heavy (non-hydrogen) atoms. The number of hydrogen-bond donors (Lipinski definition) is 1. The largest absolute Gasteiger partial charge is 0.273 e. The predicted octanol–water partition coefficient (Wildman–Crippen LogP) is 0.534. The number of nitrogens with one attached hydrogen (secondary N) is 1. The molecule has 0 unspecified atom stereocenters. The summed E-state index contributed by atoms with van der Waals surface area (Å²) in [5.74, 6) is -1.65. The summed E-state index contributed by atoms with van der Waals surface area (Å²) < 4.78 is 25.3. The smallest absolute Gasteiger partial charge is 0.243 e. The number of sulfonamides is 1. The van der Waals surface area contributed by atoms with Gasteiger partial charge in [-0.1, -0.05) is 26.7 Å². The second kappa shape index (κ2) is 5.64. The van der Waals surface area contributed by atoms with E-state index in [9.17, 15) is 23.3 Å². The average Bonchev–Trinajstić information content (AvgIpc) is 3.05. The van der Waals surface area contributed by atoms with Crippen LogP contribution < -0.4 is 4.72 Å². The van der Waals surface area contributed by atoms with Crippen LogP contribution in [0.4, 0.5) is 0 Å². The molecule has 0 aromatic rings. The van der Waals surface area contributed by atoms with Gasteiger partial charge in [-0.25, -0.2) is 8.42 Å². The quantitative estimate of drug-likeness (QED) is 0.540. The van der Waals surface area contributed by atoms with E-state index in [2.05, 4.69) is 0 Å². The van der Waals surface area contributed by atoms with Gasteiger partial charge >= 0.3 is 0 Å². The van der Waals surface area contributed by atoms with Crippen molar-refractivity contribution in [1.29, 1.82) is 0 Å².